The molecule has 11 nitrogen and oxygen atoms in total. The van der Waals surface area contributed by atoms with Crippen molar-refractivity contribution in [1.82, 2.24) is 36.4 Å². The molecule has 0 aliphatic carbocycles. The molecular formula is C23H33N7O4. The Kier molecular flexibility index (Phi) is 6.24. The number of aliphatic hydroxyl groups is 1. The van der Waals surface area contributed by atoms with Crippen LogP contribution in [0.3, 0.4) is 0 Å². The largest absolute Gasteiger partial charge is 0.384 e. The van der Waals surface area contributed by atoms with Crippen LogP contribution in [0.15, 0.2) is 46.6 Å². The first-order valence-corrected chi connectivity index (χ1v) is 11.9. The van der Waals surface area contributed by atoms with Gasteiger partial charge in [0.1, 0.15) is 6.10 Å². The van der Waals surface area contributed by atoms with E-state index in [4.69, 9.17) is 4.74 Å². The molecule has 5 aliphatic rings. The number of aliphatic hydroxyl groups excluding tert-OH is 1. The van der Waals surface area contributed by atoms with Crippen LogP contribution in [-0.4, -0.2) is 91.2 Å². The van der Waals surface area contributed by atoms with Gasteiger partial charge in [0.2, 0.25) is 0 Å². The van der Waals surface area contributed by atoms with E-state index >= 15 is 0 Å². The van der Waals surface area contributed by atoms with Crippen LogP contribution in [0, 0.1) is 0 Å². The summed E-state index contributed by atoms with van der Waals surface area (Å²) in [6.07, 6.45) is 6.29. The number of methoxy groups -OCH3 is 1. The molecule has 0 aromatic carbocycles. The Morgan fingerprint density at radius 1 is 1.21 bits per heavy atom. The summed E-state index contributed by atoms with van der Waals surface area (Å²) in [7, 11) is 1.65. The van der Waals surface area contributed by atoms with Crippen LogP contribution < -0.4 is 26.6 Å². The summed E-state index contributed by atoms with van der Waals surface area (Å²) in [4.78, 5) is 28.9. The molecule has 0 saturated carbocycles. The molecule has 2 unspecified atom stereocenters. The molecule has 5 rings (SSSR count). The van der Waals surface area contributed by atoms with Crippen LogP contribution >= 0.6 is 0 Å². The maximum Gasteiger partial charge on any atom is 0.322 e. The van der Waals surface area contributed by atoms with Crippen molar-refractivity contribution in [3.05, 3.63) is 46.6 Å². The number of rotatable bonds is 4. The molecule has 1 fully saturated rings. The first kappa shape index (κ1) is 22.8. The van der Waals surface area contributed by atoms with Gasteiger partial charge in [0.25, 0.3) is 5.91 Å². The van der Waals surface area contributed by atoms with Crippen molar-refractivity contribution in [2.75, 3.05) is 39.8 Å². The smallest absolute Gasteiger partial charge is 0.322 e. The molecule has 0 bridgehead atoms. The normalized spacial score (nSPS) is 28.2. The van der Waals surface area contributed by atoms with Gasteiger partial charge in [-0.2, -0.15) is 0 Å². The van der Waals surface area contributed by atoms with Gasteiger partial charge < -0.3 is 36.0 Å². The van der Waals surface area contributed by atoms with Crippen molar-refractivity contribution < 1.29 is 19.4 Å². The van der Waals surface area contributed by atoms with Crippen molar-refractivity contribution in [2.24, 2.45) is 0 Å². The predicted octanol–water partition coefficient (Wildman–Crippen LogP) is -1.01. The lowest BCUT2D eigenvalue weighted by Gasteiger charge is -2.45. The number of nitrogens with zero attached hydrogens (tertiary/aromatic N) is 2. The number of likely N-dealkylation sites (tertiary alicyclic amines) is 1. The molecule has 0 aromatic rings. The van der Waals surface area contributed by atoms with Gasteiger partial charge in [0.15, 0.2) is 6.35 Å². The molecule has 6 N–H and O–H groups in total. The lowest BCUT2D eigenvalue weighted by atomic mass is 9.93. The number of fused-ring (bicyclic) bond motifs is 1. The summed E-state index contributed by atoms with van der Waals surface area (Å²) in [5.74, 6) is -0.256. The summed E-state index contributed by atoms with van der Waals surface area (Å²) in [5, 5.41) is 26.3. The van der Waals surface area contributed by atoms with E-state index < -0.39 is 6.10 Å². The SMILES string of the molecule is COC1NC=C(C2C=CC3=C(N2)C2=C(CNC(=O)N2C2CCN(C(=O)[C@@H](C)O)CC2)CN3)CN1. The average Bonchev–Trinajstić information content (AvgIpc) is 2.88. The summed E-state index contributed by atoms with van der Waals surface area (Å²) in [5.41, 5.74) is 5.12. The van der Waals surface area contributed by atoms with E-state index in [1.54, 1.807) is 12.0 Å². The first-order valence-electron chi connectivity index (χ1n) is 11.9. The van der Waals surface area contributed by atoms with Crippen LogP contribution in [0.1, 0.15) is 19.8 Å². The Balaban J connectivity index is 1.37. The number of hydrogen-bond acceptors (Lipinski definition) is 8. The second-order valence-electron chi connectivity index (χ2n) is 9.22. The monoisotopic (exact) mass is 471 g/mol. The Morgan fingerprint density at radius 3 is 2.65 bits per heavy atom. The summed E-state index contributed by atoms with van der Waals surface area (Å²) in [6, 6.07) is -0.160. The Bertz CT molecular complexity index is 978. The van der Waals surface area contributed by atoms with Crippen molar-refractivity contribution in [1.29, 1.82) is 0 Å². The molecule has 184 valence electrons. The van der Waals surface area contributed by atoms with Gasteiger partial charge in [0, 0.05) is 52.1 Å². The zero-order valence-corrected chi connectivity index (χ0v) is 19.6. The zero-order valence-electron chi connectivity index (χ0n) is 19.6. The van der Waals surface area contributed by atoms with Crippen molar-refractivity contribution in [3.63, 3.8) is 0 Å². The topological polar surface area (TPSA) is 130 Å². The van der Waals surface area contributed by atoms with Crippen LogP contribution in [0.4, 0.5) is 4.79 Å². The van der Waals surface area contributed by atoms with E-state index in [2.05, 4.69) is 38.7 Å². The molecule has 0 spiro atoms. The van der Waals surface area contributed by atoms with Crippen molar-refractivity contribution in [3.8, 4) is 0 Å². The Hall–Kier alpha value is -3.02. The van der Waals surface area contributed by atoms with Gasteiger partial charge in [-0.05, 0) is 37.0 Å². The second kappa shape index (κ2) is 9.32. The van der Waals surface area contributed by atoms with Gasteiger partial charge in [-0.15, -0.1) is 0 Å². The quantitative estimate of drug-likeness (QED) is 0.308. The lowest BCUT2D eigenvalue weighted by molar-refractivity contribution is -0.140. The first-order chi connectivity index (χ1) is 16.5. The van der Waals surface area contributed by atoms with Gasteiger partial charge in [-0.3, -0.25) is 15.0 Å². The fourth-order valence-corrected chi connectivity index (χ4v) is 5.20. The fourth-order valence-electron chi connectivity index (χ4n) is 5.20. The van der Waals surface area contributed by atoms with Crippen LogP contribution in [-0.2, 0) is 9.53 Å². The zero-order chi connectivity index (χ0) is 23.8. The standard InChI is InChI=1S/C23H33N7O4/c1-13(31)21(32)29-7-5-16(6-8-29)30-20-15(12-27-23(30)33)11-24-18-4-3-17(28-19(18)20)14-9-25-22(34-2)26-10-14/h3-4,9,13,16-17,22,24-26,28,31H,5-8,10-12H2,1-2H3,(H,27,33)/t13-,17?,22?/m1/s1. The fraction of sp³-hybridized carbons (Fsp3) is 0.565. The van der Waals surface area contributed by atoms with Gasteiger partial charge >= 0.3 is 6.03 Å². The molecule has 3 amide bonds. The molecule has 0 aromatic heterocycles. The van der Waals surface area contributed by atoms with Gasteiger partial charge in [0.05, 0.1) is 23.1 Å². The number of ether oxygens (including phenoxy) is 1. The summed E-state index contributed by atoms with van der Waals surface area (Å²) >= 11 is 0. The molecule has 11 heteroatoms. The second-order valence-corrected chi connectivity index (χ2v) is 9.22. The highest BCUT2D eigenvalue weighted by molar-refractivity contribution is 5.81. The number of carbonyl (C=O) groups is 2. The van der Waals surface area contributed by atoms with E-state index in [9.17, 15) is 14.7 Å². The Labute approximate surface area is 198 Å². The lowest BCUT2D eigenvalue weighted by Crippen LogP contribution is -2.58. The van der Waals surface area contributed by atoms with Gasteiger partial charge in [-0.25, -0.2) is 4.79 Å². The number of urea groups is 1. The van der Waals surface area contributed by atoms with Crippen LogP contribution in [0.25, 0.3) is 0 Å². The average molecular weight is 472 g/mol. The third-order valence-corrected chi connectivity index (χ3v) is 7.05. The van der Waals surface area contributed by atoms with E-state index in [-0.39, 0.29) is 30.4 Å². The summed E-state index contributed by atoms with van der Waals surface area (Å²) in [6.45, 7) is 4.38. The molecule has 0 radical (unpaired) electrons. The van der Waals surface area contributed by atoms with Crippen LogP contribution in [0.2, 0.25) is 0 Å². The highest BCUT2D eigenvalue weighted by atomic mass is 16.5. The maximum absolute atomic E-state index is 13.1. The third-order valence-electron chi connectivity index (χ3n) is 7.05. The number of amides is 3. The van der Waals surface area contributed by atoms with E-state index in [1.807, 2.05) is 11.1 Å². The molecular weight excluding hydrogens is 438 g/mol. The number of piperidine rings is 1. The molecule has 5 heterocycles. The number of allylic oxidation sites excluding steroid dienone is 1. The minimum absolute atomic E-state index is 0.0254. The maximum atomic E-state index is 13.1. The van der Waals surface area contributed by atoms with E-state index in [1.165, 1.54) is 6.92 Å². The minimum atomic E-state index is -1.01. The van der Waals surface area contributed by atoms with Gasteiger partial charge in [-0.1, -0.05) is 6.08 Å². The number of nitrogens with one attached hydrogen (secondary N) is 5. The molecule has 1 saturated heterocycles. The molecule has 34 heavy (non-hydrogen) atoms. The number of hydrogen-bond donors (Lipinski definition) is 6. The van der Waals surface area contributed by atoms with E-state index in [0.29, 0.717) is 45.6 Å². The minimum Gasteiger partial charge on any atom is -0.384 e. The highest BCUT2D eigenvalue weighted by Gasteiger charge is 2.40. The Morgan fingerprint density at radius 2 is 1.97 bits per heavy atom. The molecule has 3 atom stereocenters. The van der Waals surface area contributed by atoms with Crippen molar-refractivity contribution >= 4 is 11.9 Å². The van der Waals surface area contributed by atoms with Crippen LogP contribution in [0.5, 0.6) is 0 Å². The third kappa shape index (κ3) is 4.15. The number of carbonyl (C=O) groups excluding carboxylic acids is 2. The molecule has 5 aliphatic heterocycles. The predicted molar refractivity (Wildman–Crippen MR) is 125 cm³/mol. The number of dihydropyridines is 2. The highest BCUT2D eigenvalue weighted by Crippen LogP contribution is 2.34. The summed E-state index contributed by atoms with van der Waals surface area (Å²) < 4.78 is 5.29. The van der Waals surface area contributed by atoms with E-state index in [0.717, 1.165) is 28.2 Å². The van der Waals surface area contributed by atoms with Crippen molar-refractivity contribution in [2.45, 2.75) is 44.3 Å².